The Kier molecular flexibility index (Phi) is 6.07. The van der Waals surface area contributed by atoms with Crippen LogP contribution in [0.4, 0.5) is 4.79 Å². The second kappa shape index (κ2) is 8.70. The highest BCUT2D eigenvalue weighted by molar-refractivity contribution is 6.39. The number of carbonyl (C=O) groups is 2. The highest BCUT2D eigenvalue weighted by Gasteiger charge is 2.49. The van der Waals surface area contributed by atoms with Gasteiger partial charge >= 0.3 is 12.1 Å². The smallest absolute Gasteiger partial charge is 0.410 e. The predicted molar refractivity (Wildman–Crippen MR) is 132 cm³/mol. The second-order valence-electron chi connectivity index (χ2n) is 11.2. The van der Waals surface area contributed by atoms with Crippen LogP contribution in [0.25, 0.3) is 11.3 Å². The summed E-state index contributed by atoms with van der Waals surface area (Å²) in [6.07, 6.45) is 4.07. The van der Waals surface area contributed by atoms with Crippen molar-refractivity contribution in [3.63, 3.8) is 0 Å². The fourth-order valence-corrected chi connectivity index (χ4v) is 5.82. The van der Waals surface area contributed by atoms with Gasteiger partial charge in [-0.2, -0.15) is 0 Å². The number of benzene rings is 1. The molecule has 3 fully saturated rings. The van der Waals surface area contributed by atoms with Crippen molar-refractivity contribution in [3.05, 3.63) is 39.6 Å². The topological polar surface area (TPSA) is 81.9 Å². The number of piperidine rings is 1. The highest BCUT2D eigenvalue weighted by atomic mass is 35.5. The van der Waals surface area contributed by atoms with Crippen molar-refractivity contribution in [3.8, 4) is 11.3 Å². The quantitative estimate of drug-likeness (QED) is 0.412. The number of esters is 1. The van der Waals surface area contributed by atoms with Gasteiger partial charge in [0.15, 0.2) is 5.76 Å². The summed E-state index contributed by atoms with van der Waals surface area (Å²) in [5, 5.41) is 5.00. The molecule has 1 amide bonds. The van der Waals surface area contributed by atoms with Gasteiger partial charge in [-0.05, 0) is 58.6 Å². The van der Waals surface area contributed by atoms with Gasteiger partial charge in [-0.3, -0.25) is 0 Å². The Labute approximate surface area is 215 Å². The number of nitrogens with zero attached hydrogens (tertiary/aromatic N) is 2. The Morgan fingerprint density at radius 3 is 2.26 bits per heavy atom. The summed E-state index contributed by atoms with van der Waals surface area (Å²) in [6.45, 7) is 7.63. The first kappa shape index (κ1) is 24.4. The molecule has 7 nitrogen and oxygen atoms in total. The van der Waals surface area contributed by atoms with Gasteiger partial charge in [-0.1, -0.05) is 41.3 Å². The maximum atomic E-state index is 13.6. The lowest BCUT2D eigenvalue weighted by atomic mass is 9.97. The zero-order chi connectivity index (χ0) is 25.1. The lowest BCUT2D eigenvalue weighted by molar-refractivity contribution is -0.0227. The fourth-order valence-electron chi connectivity index (χ4n) is 5.25. The Hall–Kier alpha value is -2.25. The molecule has 3 atom stereocenters. The molecule has 0 spiro atoms. The van der Waals surface area contributed by atoms with E-state index in [2.05, 4.69) is 5.16 Å². The first-order valence-corrected chi connectivity index (χ1v) is 12.9. The summed E-state index contributed by atoms with van der Waals surface area (Å²) in [4.78, 5) is 28.2. The Morgan fingerprint density at radius 1 is 1.11 bits per heavy atom. The first-order valence-electron chi connectivity index (χ1n) is 12.1. The Balaban J connectivity index is 1.39. The minimum absolute atomic E-state index is 0.0122. The zero-order valence-corrected chi connectivity index (χ0v) is 21.9. The maximum Gasteiger partial charge on any atom is 0.410 e. The van der Waals surface area contributed by atoms with Crippen molar-refractivity contribution in [1.29, 1.82) is 0 Å². The monoisotopic (exact) mass is 520 g/mol. The fraction of sp³-hybridized carbons (Fsp3) is 0.577. The Bertz CT molecular complexity index is 1130. The molecule has 2 aromatic rings. The minimum Gasteiger partial charge on any atom is -0.458 e. The number of fused-ring (bicyclic) bond motifs is 2. The van der Waals surface area contributed by atoms with Crippen LogP contribution in [0.5, 0.6) is 0 Å². The van der Waals surface area contributed by atoms with E-state index in [1.807, 2.05) is 32.6 Å². The summed E-state index contributed by atoms with van der Waals surface area (Å²) in [6, 6.07) is 5.12. The number of halogens is 2. The van der Waals surface area contributed by atoms with Crippen LogP contribution in [0.15, 0.2) is 22.7 Å². The molecular formula is C26H30Cl2N2O5. The van der Waals surface area contributed by atoms with Gasteiger partial charge in [-0.25, -0.2) is 9.59 Å². The third-order valence-electron chi connectivity index (χ3n) is 7.21. The van der Waals surface area contributed by atoms with Crippen LogP contribution in [0.1, 0.15) is 82.3 Å². The van der Waals surface area contributed by atoms with E-state index in [1.54, 1.807) is 18.2 Å². The molecule has 5 rings (SSSR count). The molecule has 0 radical (unpaired) electrons. The van der Waals surface area contributed by atoms with Crippen molar-refractivity contribution in [2.45, 2.75) is 95.4 Å². The van der Waals surface area contributed by atoms with Crippen LogP contribution in [0, 0.1) is 0 Å². The number of aromatic nitrogens is 1. The molecule has 3 heterocycles. The highest BCUT2D eigenvalue weighted by Crippen LogP contribution is 2.51. The first-order chi connectivity index (χ1) is 16.5. The molecule has 35 heavy (non-hydrogen) atoms. The molecule has 0 N–H and O–H groups in total. The third kappa shape index (κ3) is 4.65. The average molecular weight is 521 g/mol. The molecule has 2 aliphatic heterocycles. The average Bonchev–Trinajstić information content (AvgIpc) is 3.23. The molecule has 2 saturated heterocycles. The van der Waals surface area contributed by atoms with Crippen molar-refractivity contribution in [2.24, 2.45) is 0 Å². The van der Waals surface area contributed by atoms with Gasteiger partial charge < -0.3 is 18.9 Å². The standard InChI is InChI=1S/C26H30Cl2N2O5/c1-25(2,3)34-24(32)30-14-8-9-15(30)13-16(12-14)33-23(31)20-21(19-17(27)6-5-7-18(19)28)29-35-22(20)26(4)10-11-26/h5-7,14-16H,8-13H2,1-4H3/t14-,15?,16?/m0/s1. The molecule has 2 unspecified atom stereocenters. The molecule has 1 saturated carbocycles. The maximum absolute atomic E-state index is 13.6. The van der Waals surface area contributed by atoms with Gasteiger partial charge in [0, 0.05) is 35.9 Å². The van der Waals surface area contributed by atoms with Gasteiger partial charge in [0.25, 0.3) is 0 Å². The van der Waals surface area contributed by atoms with Crippen LogP contribution in [0.2, 0.25) is 10.0 Å². The lowest BCUT2D eigenvalue weighted by Crippen LogP contribution is -2.50. The number of hydrogen-bond donors (Lipinski definition) is 0. The van der Waals surface area contributed by atoms with Crippen molar-refractivity contribution in [1.82, 2.24) is 10.1 Å². The molecule has 9 heteroatoms. The van der Waals surface area contributed by atoms with Crippen LogP contribution in [-0.2, 0) is 14.9 Å². The minimum atomic E-state index is -0.556. The van der Waals surface area contributed by atoms with Gasteiger partial charge in [0.05, 0.1) is 10.0 Å². The summed E-state index contributed by atoms with van der Waals surface area (Å²) >= 11 is 12.9. The van der Waals surface area contributed by atoms with E-state index < -0.39 is 11.6 Å². The normalized spacial score (nSPS) is 24.9. The van der Waals surface area contributed by atoms with Crippen molar-refractivity contribution in [2.75, 3.05) is 0 Å². The summed E-state index contributed by atoms with van der Waals surface area (Å²) in [7, 11) is 0. The van der Waals surface area contributed by atoms with E-state index in [1.165, 1.54) is 0 Å². The molecular weight excluding hydrogens is 491 g/mol. The summed E-state index contributed by atoms with van der Waals surface area (Å²) in [5.74, 6) is 0.0260. The van der Waals surface area contributed by atoms with E-state index >= 15 is 0 Å². The molecule has 1 aromatic heterocycles. The number of ether oxygens (including phenoxy) is 2. The Morgan fingerprint density at radius 2 is 1.71 bits per heavy atom. The SMILES string of the molecule is CC(C)(C)OC(=O)N1C2CC[C@H]1CC(OC(=O)c1c(-c3c(Cl)cccc3Cl)noc1C1(C)CC1)C2. The molecule has 188 valence electrons. The number of carbonyl (C=O) groups excluding carboxylic acids is 2. The molecule has 2 bridgehead atoms. The van der Waals surface area contributed by atoms with Crippen molar-refractivity contribution < 1.29 is 23.6 Å². The summed E-state index contributed by atoms with van der Waals surface area (Å²) < 4.78 is 17.4. The van der Waals surface area contributed by atoms with E-state index in [-0.39, 0.29) is 29.7 Å². The van der Waals surface area contributed by atoms with Crippen LogP contribution >= 0.6 is 23.2 Å². The van der Waals surface area contributed by atoms with E-state index in [9.17, 15) is 9.59 Å². The van der Waals surface area contributed by atoms with E-state index in [4.69, 9.17) is 37.2 Å². The van der Waals surface area contributed by atoms with Gasteiger partial charge in [0.2, 0.25) is 0 Å². The van der Waals surface area contributed by atoms with Crippen LogP contribution in [-0.4, -0.2) is 45.9 Å². The van der Waals surface area contributed by atoms with Crippen LogP contribution < -0.4 is 0 Å². The zero-order valence-electron chi connectivity index (χ0n) is 20.4. The molecule has 3 aliphatic rings. The van der Waals surface area contributed by atoms with Gasteiger partial charge in [0.1, 0.15) is 23.0 Å². The predicted octanol–water partition coefficient (Wildman–Crippen LogP) is 6.79. The van der Waals surface area contributed by atoms with Crippen LogP contribution in [0.3, 0.4) is 0 Å². The lowest BCUT2D eigenvalue weighted by Gasteiger charge is -2.39. The molecule has 1 aromatic carbocycles. The third-order valence-corrected chi connectivity index (χ3v) is 7.84. The number of hydrogen-bond acceptors (Lipinski definition) is 6. The number of rotatable bonds is 4. The van der Waals surface area contributed by atoms with E-state index in [0.717, 1.165) is 25.7 Å². The molecule has 1 aliphatic carbocycles. The van der Waals surface area contributed by atoms with Gasteiger partial charge in [-0.15, -0.1) is 0 Å². The second-order valence-corrected chi connectivity index (χ2v) is 12.0. The van der Waals surface area contributed by atoms with Crippen molar-refractivity contribution >= 4 is 35.3 Å². The number of amides is 1. The van der Waals surface area contributed by atoms with E-state index in [0.29, 0.717) is 45.5 Å². The summed E-state index contributed by atoms with van der Waals surface area (Å²) in [5.41, 5.74) is 0.248. The largest absolute Gasteiger partial charge is 0.458 e.